The van der Waals surface area contributed by atoms with Gasteiger partial charge in [0, 0.05) is 31.7 Å². The predicted octanol–water partition coefficient (Wildman–Crippen LogP) is 3.33. The minimum Gasteiger partial charge on any atom is -0.486 e. The highest BCUT2D eigenvalue weighted by atomic mass is 16.6. The Hall–Kier alpha value is -2.95. The van der Waals surface area contributed by atoms with Crippen molar-refractivity contribution in [3.63, 3.8) is 0 Å². The first-order valence-electron chi connectivity index (χ1n) is 8.87. The number of fused-ring (bicyclic) bond motifs is 2. The van der Waals surface area contributed by atoms with Crippen LogP contribution in [0.5, 0.6) is 11.5 Å². The van der Waals surface area contributed by atoms with Gasteiger partial charge in [-0.3, -0.25) is 4.79 Å². The molecule has 1 atom stereocenters. The summed E-state index contributed by atoms with van der Waals surface area (Å²) in [6.07, 6.45) is 2.35. The smallest absolute Gasteiger partial charge is 0.224 e. The molecule has 0 bridgehead atoms. The van der Waals surface area contributed by atoms with Crippen molar-refractivity contribution < 1.29 is 14.3 Å². The van der Waals surface area contributed by atoms with E-state index in [0.717, 1.165) is 17.0 Å². The maximum Gasteiger partial charge on any atom is 0.224 e. The molecule has 0 spiro atoms. The molecule has 134 valence electrons. The van der Waals surface area contributed by atoms with Gasteiger partial charge in [-0.1, -0.05) is 30.3 Å². The number of para-hydroxylation sites is 3. The minimum absolute atomic E-state index is 0.102. The van der Waals surface area contributed by atoms with E-state index in [-0.39, 0.29) is 12.0 Å². The molecule has 5 heteroatoms. The first kappa shape index (κ1) is 16.5. The monoisotopic (exact) mass is 350 g/mol. The summed E-state index contributed by atoms with van der Waals surface area (Å²) >= 11 is 0. The lowest BCUT2D eigenvalue weighted by atomic mass is 10.2. The van der Waals surface area contributed by atoms with Gasteiger partial charge in [-0.15, -0.1) is 0 Å². The van der Waals surface area contributed by atoms with E-state index in [1.807, 2.05) is 49.6 Å². The van der Waals surface area contributed by atoms with Crippen molar-refractivity contribution in [2.45, 2.75) is 19.1 Å². The SMILES string of the molecule is CN(C[C@H]1COc2ccccc2O1)C(=O)CCn1ccc2ccccc21. The molecular weight excluding hydrogens is 328 g/mol. The highest BCUT2D eigenvalue weighted by molar-refractivity contribution is 5.80. The Bertz CT molecular complexity index is 918. The van der Waals surface area contributed by atoms with Crippen LogP contribution in [0.15, 0.2) is 60.8 Å². The van der Waals surface area contributed by atoms with Crippen LogP contribution in [0.1, 0.15) is 6.42 Å². The molecule has 5 nitrogen and oxygen atoms in total. The number of aromatic nitrogens is 1. The van der Waals surface area contributed by atoms with E-state index < -0.39 is 0 Å². The Morgan fingerprint density at radius 1 is 1.12 bits per heavy atom. The highest BCUT2D eigenvalue weighted by Crippen LogP contribution is 2.31. The Kier molecular flexibility index (Phi) is 4.52. The summed E-state index contributed by atoms with van der Waals surface area (Å²) in [5.41, 5.74) is 1.16. The van der Waals surface area contributed by atoms with Gasteiger partial charge in [-0.25, -0.2) is 0 Å². The molecule has 1 aliphatic rings. The molecular formula is C21H22N2O3. The van der Waals surface area contributed by atoms with Crippen molar-refractivity contribution in [3.05, 3.63) is 60.8 Å². The van der Waals surface area contributed by atoms with E-state index in [1.54, 1.807) is 4.90 Å². The van der Waals surface area contributed by atoms with Crippen LogP contribution < -0.4 is 9.47 Å². The fraction of sp³-hybridized carbons (Fsp3) is 0.286. The van der Waals surface area contributed by atoms with Crippen LogP contribution in [0, 0.1) is 0 Å². The van der Waals surface area contributed by atoms with Gasteiger partial charge in [-0.05, 0) is 29.7 Å². The number of carbonyl (C=O) groups excluding carboxylic acids is 1. The highest BCUT2D eigenvalue weighted by Gasteiger charge is 2.23. The third-order valence-corrected chi connectivity index (χ3v) is 4.72. The normalized spacial score (nSPS) is 15.8. The van der Waals surface area contributed by atoms with Crippen LogP contribution in [0.25, 0.3) is 10.9 Å². The molecule has 0 aliphatic carbocycles. The zero-order valence-electron chi connectivity index (χ0n) is 14.8. The van der Waals surface area contributed by atoms with E-state index in [0.29, 0.717) is 26.1 Å². The number of nitrogens with zero attached hydrogens (tertiary/aromatic N) is 2. The number of amides is 1. The molecule has 26 heavy (non-hydrogen) atoms. The Morgan fingerprint density at radius 2 is 1.88 bits per heavy atom. The molecule has 0 N–H and O–H groups in total. The van der Waals surface area contributed by atoms with Gasteiger partial charge in [0.1, 0.15) is 6.61 Å². The fourth-order valence-corrected chi connectivity index (χ4v) is 3.30. The average Bonchev–Trinajstić information content (AvgIpc) is 3.09. The largest absolute Gasteiger partial charge is 0.486 e. The number of aryl methyl sites for hydroxylation is 1. The van der Waals surface area contributed by atoms with Gasteiger partial charge in [0.2, 0.25) is 5.91 Å². The van der Waals surface area contributed by atoms with Crippen molar-refractivity contribution in [3.8, 4) is 11.5 Å². The third-order valence-electron chi connectivity index (χ3n) is 4.72. The van der Waals surface area contributed by atoms with Crippen LogP contribution in [-0.2, 0) is 11.3 Å². The lowest BCUT2D eigenvalue weighted by Gasteiger charge is -2.29. The zero-order valence-corrected chi connectivity index (χ0v) is 14.8. The number of ether oxygens (including phenoxy) is 2. The molecule has 1 aromatic heterocycles. The van der Waals surface area contributed by atoms with Crippen LogP contribution in [0.2, 0.25) is 0 Å². The summed E-state index contributed by atoms with van der Waals surface area (Å²) in [6.45, 7) is 1.64. The molecule has 0 saturated heterocycles. The van der Waals surface area contributed by atoms with E-state index in [4.69, 9.17) is 9.47 Å². The van der Waals surface area contributed by atoms with E-state index in [9.17, 15) is 4.79 Å². The lowest BCUT2D eigenvalue weighted by Crippen LogP contribution is -2.42. The van der Waals surface area contributed by atoms with E-state index in [2.05, 4.69) is 22.8 Å². The standard InChI is InChI=1S/C21H22N2O3/c1-22(14-17-15-25-19-8-4-5-9-20(19)26-17)21(24)11-13-23-12-10-16-6-2-3-7-18(16)23/h2-10,12,17H,11,13-15H2,1H3/t17-/m0/s1. The van der Waals surface area contributed by atoms with Crippen LogP contribution in [0.4, 0.5) is 0 Å². The molecule has 1 aliphatic heterocycles. The number of likely N-dealkylation sites (N-methyl/N-ethyl adjacent to an activating group) is 1. The molecule has 2 heterocycles. The number of benzene rings is 2. The van der Waals surface area contributed by atoms with Gasteiger partial charge < -0.3 is 18.9 Å². The van der Waals surface area contributed by atoms with Crippen molar-refractivity contribution >= 4 is 16.8 Å². The molecule has 0 unspecified atom stereocenters. The van der Waals surface area contributed by atoms with Gasteiger partial charge >= 0.3 is 0 Å². The minimum atomic E-state index is -0.147. The topological polar surface area (TPSA) is 43.7 Å². The van der Waals surface area contributed by atoms with Gasteiger partial charge in [0.05, 0.1) is 6.54 Å². The average molecular weight is 350 g/mol. The summed E-state index contributed by atoms with van der Waals surface area (Å²) in [4.78, 5) is 14.2. The molecule has 4 rings (SSSR count). The summed E-state index contributed by atoms with van der Waals surface area (Å²) in [6, 6.07) is 17.9. The summed E-state index contributed by atoms with van der Waals surface area (Å²) in [5, 5.41) is 1.19. The molecule has 1 amide bonds. The van der Waals surface area contributed by atoms with Crippen LogP contribution in [0.3, 0.4) is 0 Å². The Balaban J connectivity index is 1.32. The van der Waals surface area contributed by atoms with Crippen molar-refractivity contribution in [1.29, 1.82) is 0 Å². The summed E-state index contributed by atoms with van der Waals surface area (Å²) in [5.74, 6) is 1.60. The maximum atomic E-state index is 12.5. The van der Waals surface area contributed by atoms with Crippen LogP contribution in [-0.4, -0.2) is 41.7 Å². The van der Waals surface area contributed by atoms with E-state index in [1.165, 1.54) is 5.39 Å². The quantitative estimate of drug-likeness (QED) is 0.709. The second-order valence-electron chi connectivity index (χ2n) is 6.59. The van der Waals surface area contributed by atoms with Crippen LogP contribution >= 0.6 is 0 Å². The fourth-order valence-electron chi connectivity index (χ4n) is 3.30. The van der Waals surface area contributed by atoms with Crippen molar-refractivity contribution in [2.24, 2.45) is 0 Å². The summed E-state index contributed by atoms with van der Waals surface area (Å²) < 4.78 is 13.8. The van der Waals surface area contributed by atoms with Crippen molar-refractivity contribution in [1.82, 2.24) is 9.47 Å². The van der Waals surface area contributed by atoms with Gasteiger partial charge in [-0.2, -0.15) is 0 Å². The second-order valence-corrected chi connectivity index (χ2v) is 6.59. The summed E-state index contributed by atoms with van der Waals surface area (Å²) in [7, 11) is 1.82. The van der Waals surface area contributed by atoms with E-state index >= 15 is 0 Å². The Morgan fingerprint density at radius 3 is 2.77 bits per heavy atom. The molecule has 0 fully saturated rings. The second kappa shape index (κ2) is 7.12. The first-order chi connectivity index (χ1) is 12.7. The maximum absolute atomic E-state index is 12.5. The number of rotatable bonds is 5. The number of hydrogen-bond donors (Lipinski definition) is 0. The first-order valence-corrected chi connectivity index (χ1v) is 8.87. The lowest BCUT2D eigenvalue weighted by molar-refractivity contribution is -0.131. The molecule has 2 aromatic carbocycles. The molecule has 0 radical (unpaired) electrons. The number of carbonyl (C=O) groups is 1. The predicted molar refractivity (Wildman–Crippen MR) is 101 cm³/mol. The molecule has 0 saturated carbocycles. The molecule has 3 aromatic rings. The third kappa shape index (κ3) is 3.38. The number of hydrogen-bond acceptors (Lipinski definition) is 3. The van der Waals surface area contributed by atoms with Gasteiger partial charge in [0.25, 0.3) is 0 Å². The van der Waals surface area contributed by atoms with Crippen molar-refractivity contribution in [2.75, 3.05) is 20.2 Å². The Labute approximate surface area is 152 Å². The van der Waals surface area contributed by atoms with Gasteiger partial charge in [0.15, 0.2) is 17.6 Å². The zero-order chi connectivity index (χ0) is 17.9.